The van der Waals surface area contributed by atoms with Crippen molar-refractivity contribution in [2.45, 2.75) is 26.2 Å². The third kappa shape index (κ3) is 7.15. The van der Waals surface area contributed by atoms with Crippen LogP contribution in [0.1, 0.15) is 37.3 Å². The summed E-state index contributed by atoms with van der Waals surface area (Å²) in [6.45, 7) is 6.83. The maximum Gasteiger partial charge on any atom is 0.137 e. The Labute approximate surface area is 419 Å². The van der Waals surface area contributed by atoms with E-state index < -0.39 is 41.7 Å². The van der Waals surface area contributed by atoms with Gasteiger partial charge in [-0.2, -0.15) is 0 Å². The zero-order valence-electron chi connectivity index (χ0n) is 46.6. The van der Waals surface area contributed by atoms with Gasteiger partial charge in [-0.25, -0.2) is 4.98 Å². The van der Waals surface area contributed by atoms with Gasteiger partial charge in [-0.3, -0.25) is 4.57 Å². The largest absolute Gasteiger partial charge is 0.457 e. The van der Waals surface area contributed by atoms with Gasteiger partial charge in [0.15, 0.2) is 0 Å². The Hall–Kier alpha value is -8.87. The van der Waals surface area contributed by atoms with Crippen LogP contribution in [0.5, 0.6) is 23.0 Å². The van der Waals surface area contributed by atoms with Gasteiger partial charge in [-0.1, -0.05) is 148 Å². The Balaban J connectivity index is 1.05. The topological polar surface area (TPSA) is 42.8 Å². The summed E-state index contributed by atoms with van der Waals surface area (Å²) < 4.78 is 87.3. The van der Waals surface area contributed by atoms with Crippen molar-refractivity contribution >= 4 is 44.6 Å². The van der Waals surface area contributed by atoms with E-state index in [1.807, 2.05) is 79.0 Å². The van der Waals surface area contributed by atoms with E-state index in [4.69, 9.17) is 21.3 Å². The highest BCUT2D eigenvalue weighted by Gasteiger charge is 2.32. The summed E-state index contributed by atoms with van der Waals surface area (Å²) in [4.78, 5) is 9.75. The molecular formula is C64H48N4O2. The van der Waals surface area contributed by atoms with Crippen LogP contribution < -0.4 is 19.3 Å². The smallest absolute Gasteiger partial charge is 0.137 e. The van der Waals surface area contributed by atoms with E-state index in [1.54, 1.807) is 16.7 Å². The summed E-state index contributed by atoms with van der Waals surface area (Å²) >= 11 is 0. The number of ether oxygens (including phenoxy) is 2. The molecule has 0 unspecified atom stereocenters. The highest BCUT2D eigenvalue weighted by Crippen LogP contribution is 2.51. The minimum Gasteiger partial charge on any atom is -0.457 e. The molecule has 0 fully saturated rings. The number of anilines is 4. The highest BCUT2D eigenvalue weighted by atomic mass is 16.5. The molecule has 15 rings (SSSR count). The van der Waals surface area contributed by atoms with Gasteiger partial charge < -0.3 is 19.3 Å². The predicted molar refractivity (Wildman–Crippen MR) is 288 cm³/mol. The van der Waals surface area contributed by atoms with Crippen LogP contribution in [0.25, 0.3) is 72.1 Å². The molecule has 0 amide bonds. The summed E-state index contributed by atoms with van der Waals surface area (Å²) in [5, 5.41) is 0.775. The molecule has 0 aliphatic carbocycles. The van der Waals surface area contributed by atoms with Crippen LogP contribution in [0.3, 0.4) is 0 Å². The Morgan fingerprint density at radius 3 is 1.94 bits per heavy atom. The lowest BCUT2D eigenvalue weighted by Crippen LogP contribution is -2.25. The van der Waals surface area contributed by atoms with E-state index in [0.717, 1.165) is 61.7 Å². The third-order valence-electron chi connectivity index (χ3n) is 13.2. The van der Waals surface area contributed by atoms with Crippen molar-refractivity contribution in [3.63, 3.8) is 0 Å². The van der Waals surface area contributed by atoms with Crippen LogP contribution in [-0.4, -0.2) is 16.2 Å². The molecule has 2 aromatic heterocycles. The summed E-state index contributed by atoms with van der Waals surface area (Å²) in [7, 11) is 0. The predicted octanol–water partition coefficient (Wildman–Crippen LogP) is 17.3. The van der Waals surface area contributed by atoms with Crippen molar-refractivity contribution in [3.8, 4) is 73.3 Å². The molecule has 4 aliphatic rings. The first-order chi connectivity index (χ1) is 37.6. The average Bonchev–Trinajstić information content (AvgIpc) is 4.03. The normalized spacial score (nSPS) is 14.5. The van der Waals surface area contributed by atoms with E-state index in [0.29, 0.717) is 46.4 Å². The zero-order valence-corrected chi connectivity index (χ0v) is 38.6. The van der Waals surface area contributed by atoms with Gasteiger partial charge in [0.2, 0.25) is 0 Å². The Bertz CT molecular complexity index is 4260. The maximum atomic E-state index is 9.83. The first-order valence-electron chi connectivity index (χ1n) is 27.3. The third-order valence-corrected chi connectivity index (χ3v) is 13.2. The summed E-state index contributed by atoms with van der Waals surface area (Å²) in [5.41, 5.74) is 10.6. The van der Waals surface area contributed by atoms with E-state index in [9.17, 15) is 4.11 Å². The first kappa shape index (κ1) is 33.6. The van der Waals surface area contributed by atoms with E-state index >= 15 is 0 Å². The van der Waals surface area contributed by atoms with Crippen molar-refractivity contribution in [3.05, 3.63) is 230 Å². The van der Waals surface area contributed by atoms with Gasteiger partial charge in [0.1, 0.15) is 35.5 Å². The van der Waals surface area contributed by atoms with Gasteiger partial charge >= 0.3 is 0 Å². The maximum absolute atomic E-state index is 9.83. The fourth-order valence-corrected chi connectivity index (χ4v) is 9.97. The molecule has 0 N–H and O–H groups in total. The van der Waals surface area contributed by atoms with Gasteiger partial charge in [0.25, 0.3) is 0 Å². The van der Waals surface area contributed by atoms with Gasteiger partial charge in [-0.05, 0) is 118 Å². The molecule has 0 radical (unpaired) electrons. The fourth-order valence-electron chi connectivity index (χ4n) is 9.97. The monoisotopic (exact) mass is 912 g/mol. The van der Waals surface area contributed by atoms with Crippen LogP contribution in [-0.2, 0) is 5.41 Å². The molecule has 70 heavy (non-hydrogen) atoms. The number of fused-ring (bicyclic) bond motifs is 5. The van der Waals surface area contributed by atoms with Crippen molar-refractivity contribution in [1.29, 1.82) is 0 Å². The molecule has 0 saturated heterocycles. The van der Waals surface area contributed by atoms with Crippen LogP contribution in [0.4, 0.5) is 22.7 Å². The lowest BCUT2D eigenvalue weighted by atomic mass is 9.82. The number of pyridine rings is 1. The average molecular weight is 913 g/mol. The number of hydrogen-bond acceptors (Lipinski definition) is 5. The van der Waals surface area contributed by atoms with Crippen molar-refractivity contribution in [2.75, 3.05) is 16.5 Å². The second kappa shape index (κ2) is 16.4. The zero-order chi connectivity index (χ0) is 53.9. The lowest BCUT2D eigenvalue weighted by molar-refractivity contribution is 0.483. The Kier molecular flexibility index (Phi) is 7.88. The highest BCUT2D eigenvalue weighted by molar-refractivity contribution is 6.11. The van der Waals surface area contributed by atoms with E-state index in [2.05, 4.69) is 116 Å². The summed E-state index contributed by atoms with van der Waals surface area (Å²) in [6, 6.07) is 52.9. The second-order valence-corrected chi connectivity index (χ2v) is 18.6. The fraction of sp³-hybridized carbons (Fsp3) is 0.0781. The number of aromatic nitrogens is 2. The Morgan fingerprint density at radius 1 is 0.486 bits per heavy atom. The molecule has 6 nitrogen and oxygen atoms in total. The number of benzene rings is 9. The minimum atomic E-state index is -0.594. The molecule has 6 heteroatoms. The second-order valence-electron chi connectivity index (χ2n) is 18.6. The van der Waals surface area contributed by atoms with Crippen molar-refractivity contribution in [2.24, 2.45) is 0 Å². The number of nitrogens with zero attached hydrogens (tertiary/aromatic N) is 4. The SMILES string of the molecule is [2H]c1c([2H])c([2H])c(-c2c([2H])c([2H])c3c(c2[2H])c2ccc4cc2n3-c2cc(C(C)(C)C)c(cn2)-c2ccc(cc2)Oc2cccc(c2)-c2cccc(-c3ccccc3)c2N2CN(c3cccc(c3)O4)c3ccccc32)c([2H])c1[2H]. The lowest BCUT2D eigenvalue weighted by Gasteiger charge is -2.27. The van der Waals surface area contributed by atoms with E-state index in [-0.39, 0.29) is 34.1 Å². The van der Waals surface area contributed by atoms with Crippen molar-refractivity contribution < 1.29 is 20.4 Å². The van der Waals surface area contributed by atoms with Crippen molar-refractivity contribution in [1.82, 2.24) is 9.55 Å². The molecule has 336 valence electrons. The molecule has 12 bridgehead atoms. The standard InChI is InChI=1S/C64H48N4O2/c1-64(2,3)57-39-62-65-40-56(57)44-27-30-48(31-28-44)69-49-21-12-19-46(35-49)53-24-14-23-52(43-17-8-5-9-18-43)63(53)67-41-66(59-25-10-11-26-60(59)67)47-20-13-22-50(37-47)70-51-32-33-54-55-36-45(42-15-6-4-7-16-42)29-34-58(55)68(62)61(54)38-51/h4-40H,41H2,1-3H3/i4D,6D,7D,15D,16D,29D,34D,36D. The van der Waals surface area contributed by atoms with Crippen LogP contribution in [0.2, 0.25) is 0 Å². The molecule has 0 saturated carbocycles. The van der Waals surface area contributed by atoms with Gasteiger partial charge in [0.05, 0.1) is 39.1 Å². The first-order valence-corrected chi connectivity index (χ1v) is 23.3. The molecule has 0 spiro atoms. The van der Waals surface area contributed by atoms with Crippen LogP contribution in [0, 0.1) is 0 Å². The van der Waals surface area contributed by atoms with Gasteiger partial charge in [0, 0.05) is 51.5 Å². The quantitative estimate of drug-likeness (QED) is 0.173. The van der Waals surface area contributed by atoms with Crippen LogP contribution >= 0.6 is 0 Å². The number of rotatable bonds is 2. The van der Waals surface area contributed by atoms with Crippen LogP contribution in [0.15, 0.2) is 224 Å². The number of hydrogen-bond donors (Lipinski definition) is 0. The Morgan fingerprint density at radius 2 is 1.14 bits per heavy atom. The van der Waals surface area contributed by atoms with E-state index in [1.165, 1.54) is 0 Å². The molecule has 4 aliphatic heterocycles. The number of para-hydroxylation sites is 3. The minimum absolute atomic E-state index is 0.201. The molecular weight excluding hydrogens is 857 g/mol. The molecule has 0 atom stereocenters. The molecule has 6 heterocycles. The molecule has 9 aromatic carbocycles. The summed E-state index contributed by atoms with van der Waals surface area (Å²) in [5.74, 6) is 2.76. The van der Waals surface area contributed by atoms with Gasteiger partial charge in [-0.15, -0.1) is 0 Å². The summed E-state index contributed by atoms with van der Waals surface area (Å²) in [6.07, 6.45) is 1.81. The molecule has 11 aromatic rings.